The van der Waals surface area contributed by atoms with Crippen LogP contribution in [-0.4, -0.2) is 19.2 Å². The molecule has 0 spiro atoms. The summed E-state index contributed by atoms with van der Waals surface area (Å²) >= 11 is 0. The van der Waals surface area contributed by atoms with E-state index in [1.165, 1.54) is 5.56 Å². The van der Waals surface area contributed by atoms with Crippen molar-refractivity contribution in [1.29, 1.82) is 0 Å². The van der Waals surface area contributed by atoms with Gasteiger partial charge in [-0.1, -0.05) is 12.1 Å². The van der Waals surface area contributed by atoms with Gasteiger partial charge in [0, 0.05) is 0 Å². The highest BCUT2D eigenvalue weighted by Crippen LogP contribution is 2.18. The maximum absolute atomic E-state index is 10.3. The second kappa shape index (κ2) is 5.54. The Bertz CT molecular complexity index is 328. The van der Waals surface area contributed by atoms with Crippen LogP contribution < -0.4 is 4.74 Å². The maximum Gasteiger partial charge on any atom is 0.293 e. The Kier molecular flexibility index (Phi) is 4.35. The number of methoxy groups -OCH3 is 1. The van der Waals surface area contributed by atoms with Crippen LogP contribution in [0.15, 0.2) is 24.3 Å². The summed E-state index contributed by atoms with van der Waals surface area (Å²) < 4.78 is 10.1. The minimum absolute atomic E-state index is 0.401. The van der Waals surface area contributed by atoms with Gasteiger partial charge in [0.15, 0.2) is 0 Å². The van der Waals surface area contributed by atoms with Gasteiger partial charge >= 0.3 is 0 Å². The van der Waals surface area contributed by atoms with E-state index in [1.54, 1.807) is 7.11 Å². The molecule has 0 amide bonds. The average Bonchev–Trinajstić information content (AvgIpc) is 2.27. The molecule has 0 saturated carbocycles. The molecule has 0 unspecified atom stereocenters. The molecule has 0 radical (unpaired) electrons. The van der Waals surface area contributed by atoms with Crippen LogP contribution in [0.3, 0.4) is 0 Å². The number of benzene rings is 1. The lowest BCUT2D eigenvalue weighted by atomic mass is 9.98. The molecular formula is C13H18O3. The number of carbonyl (C=O) groups is 1. The average molecular weight is 222 g/mol. The third kappa shape index (κ3) is 3.93. The van der Waals surface area contributed by atoms with Crippen molar-refractivity contribution < 1.29 is 14.3 Å². The molecule has 0 saturated heterocycles. The third-order valence-electron chi connectivity index (χ3n) is 2.54. The minimum atomic E-state index is -0.401. The molecule has 0 aliphatic rings. The zero-order valence-electron chi connectivity index (χ0n) is 10.0. The molecule has 0 aliphatic carbocycles. The first-order chi connectivity index (χ1) is 7.57. The van der Waals surface area contributed by atoms with Crippen molar-refractivity contribution in [3.05, 3.63) is 29.8 Å². The molecule has 1 aromatic carbocycles. The predicted molar refractivity (Wildman–Crippen MR) is 62.5 cm³/mol. The summed E-state index contributed by atoms with van der Waals surface area (Å²) in [5.41, 5.74) is 0.810. The molecule has 0 N–H and O–H groups in total. The molecule has 0 atom stereocenters. The molecular weight excluding hydrogens is 204 g/mol. The van der Waals surface area contributed by atoms with Crippen LogP contribution in [0.1, 0.15) is 25.8 Å². The van der Waals surface area contributed by atoms with Gasteiger partial charge in [0.05, 0.1) is 7.11 Å². The number of rotatable bonds is 6. The van der Waals surface area contributed by atoms with E-state index < -0.39 is 5.60 Å². The summed E-state index contributed by atoms with van der Waals surface area (Å²) in [7, 11) is 1.65. The molecule has 88 valence electrons. The number of carbonyl (C=O) groups excluding carboxylic acids is 1. The largest absolute Gasteiger partial charge is 0.497 e. The standard InChI is InChI=1S/C13H18O3/c1-13(2,16-10-14)9-8-11-4-6-12(15-3)7-5-11/h4-7,10H,8-9H2,1-3H3. The van der Waals surface area contributed by atoms with Crippen molar-refractivity contribution in [2.24, 2.45) is 0 Å². The Morgan fingerprint density at radius 2 is 1.88 bits per heavy atom. The van der Waals surface area contributed by atoms with E-state index in [0.29, 0.717) is 6.47 Å². The summed E-state index contributed by atoms with van der Waals surface area (Å²) in [4.78, 5) is 10.3. The molecule has 0 aromatic heterocycles. The number of hydrogen-bond donors (Lipinski definition) is 0. The molecule has 3 nitrogen and oxygen atoms in total. The van der Waals surface area contributed by atoms with Crippen molar-refractivity contribution in [3.63, 3.8) is 0 Å². The number of ether oxygens (including phenoxy) is 2. The lowest BCUT2D eigenvalue weighted by Gasteiger charge is -2.22. The quantitative estimate of drug-likeness (QED) is 0.694. The van der Waals surface area contributed by atoms with Gasteiger partial charge in [0.1, 0.15) is 11.4 Å². The van der Waals surface area contributed by atoms with Gasteiger partial charge in [0.2, 0.25) is 0 Å². The van der Waals surface area contributed by atoms with Crippen LogP contribution in [0.25, 0.3) is 0 Å². The van der Waals surface area contributed by atoms with Gasteiger partial charge in [-0.25, -0.2) is 0 Å². The normalized spacial score (nSPS) is 10.9. The Morgan fingerprint density at radius 3 is 2.38 bits per heavy atom. The molecule has 0 fully saturated rings. The number of aryl methyl sites for hydroxylation is 1. The van der Waals surface area contributed by atoms with E-state index in [0.717, 1.165) is 18.6 Å². The fourth-order valence-corrected chi connectivity index (χ4v) is 1.43. The summed E-state index contributed by atoms with van der Waals surface area (Å²) in [6.45, 7) is 4.32. The predicted octanol–water partition coefficient (Wildman–Crippen LogP) is 2.58. The first-order valence-corrected chi connectivity index (χ1v) is 5.32. The van der Waals surface area contributed by atoms with Crippen LogP contribution >= 0.6 is 0 Å². The van der Waals surface area contributed by atoms with Crippen molar-refractivity contribution in [3.8, 4) is 5.75 Å². The van der Waals surface area contributed by atoms with Crippen LogP contribution in [0.2, 0.25) is 0 Å². The van der Waals surface area contributed by atoms with Gasteiger partial charge in [-0.05, 0) is 44.4 Å². The fourth-order valence-electron chi connectivity index (χ4n) is 1.43. The van der Waals surface area contributed by atoms with Crippen molar-refractivity contribution >= 4 is 6.47 Å². The van der Waals surface area contributed by atoms with E-state index in [1.807, 2.05) is 38.1 Å². The molecule has 16 heavy (non-hydrogen) atoms. The van der Waals surface area contributed by atoms with Crippen LogP contribution in [0, 0.1) is 0 Å². The van der Waals surface area contributed by atoms with Crippen LogP contribution in [-0.2, 0) is 16.0 Å². The first kappa shape index (κ1) is 12.6. The van der Waals surface area contributed by atoms with Gasteiger partial charge in [0.25, 0.3) is 6.47 Å². The molecule has 0 bridgehead atoms. The van der Waals surface area contributed by atoms with Gasteiger partial charge in [-0.15, -0.1) is 0 Å². The lowest BCUT2D eigenvalue weighted by Crippen LogP contribution is -2.24. The maximum atomic E-state index is 10.3. The fraction of sp³-hybridized carbons (Fsp3) is 0.462. The summed E-state index contributed by atoms with van der Waals surface area (Å²) in [5.74, 6) is 0.854. The highest BCUT2D eigenvalue weighted by atomic mass is 16.5. The molecule has 1 aromatic rings. The van der Waals surface area contributed by atoms with Crippen molar-refractivity contribution in [2.45, 2.75) is 32.3 Å². The Labute approximate surface area is 96.4 Å². The van der Waals surface area contributed by atoms with E-state index in [-0.39, 0.29) is 0 Å². The first-order valence-electron chi connectivity index (χ1n) is 5.32. The van der Waals surface area contributed by atoms with E-state index >= 15 is 0 Å². The second-order valence-corrected chi connectivity index (χ2v) is 4.32. The zero-order valence-corrected chi connectivity index (χ0v) is 10.0. The summed E-state index contributed by atoms with van der Waals surface area (Å²) in [5, 5.41) is 0. The summed E-state index contributed by atoms with van der Waals surface area (Å²) in [6.07, 6.45) is 1.68. The van der Waals surface area contributed by atoms with E-state index in [4.69, 9.17) is 9.47 Å². The van der Waals surface area contributed by atoms with E-state index in [9.17, 15) is 4.79 Å². The van der Waals surface area contributed by atoms with Gasteiger partial charge in [-0.2, -0.15) is 0 Å². The van der Waals surface area contributed by atoms with Crippen molar-refractivity contribution in [1.82, 2.24) is 0 Å². The molecule has 0 heterocycles. The lowest BCUT2D eigenvalue weighted by molar-refractivity contribution is -0.140. The Balaban J connectivity index is 2.50. The topological polar surface area (TPSA) is 35.5 Å². The third-order valence-corrected chi connectivity index (χ3v) is 2.54. The smallest absolute Gasteiger partial charge is 0.293 e. The van der Waals surface area contributed by atoms with Gasteiger partial charge < -0.3 is 9.47 Å². The number of hydrogen-bond acceptors (Lipinski definition) is 3. The van der Waals surface area contributed by atoms with Crippen LogP contribution in [0.4, 0.5) is 0 Å². The van der Waals surface area contributed by atoms with Crippen molar-refractivity contribution in [2.75, 3.05) is 7.11 Å². The Hall–Kier alpha value is -1.51. The minimum Gasteiger partial charge on any atom is -0.497 e. The van der Waals surface area contributed by atoms with E-state index in [2.05, 4.69) is 0 Å². The summed E-state index contributed by atoms with van der Waals surface area (Å²) in [6, 6.07) is 7.91. The Morgan fingerprint density at radius 1 is 1.25 bits per heavy atom. The highest BCUT2D eigenvalue weighted by molar-refractivity contribution is 5.38. The SMILES string of the molecule is COc1ccc(CCC(C)(C)OC=O)cc1. The monoisotopic (exact) mass is 222 g/mol. The highest BCUT2D eigenvalue weighted by Gasteiger charge is 2.18. The zero-order chi connectivity index (χ0) is 12.0. The molecule has 1 rings (SSSR count). The molecule has 0 aliphatic heterocycles. The molecule has 3 heteroatoms. The van der Waals surface area contributed by atoms with Gasteiger partial charge in [-0.3, -0.25) is 4.79 Å². The second-order valence-electron chi connectivity index (χ2n) is 4.32. The van der Waals surface area contributed by atoms with Crippen LogP contribution in [0.5, 0.6) is 5.75 Å².